The maximum absolute atomic E-state index is 12.1. The first-order valence-electron chi connectivity index (χ1n) is 8.13. The van der Waals surface area contributed by atoms with Gasteiger partial charge in [0.25, 0.3) is 0 Å². The van der Waals surface area contributed by atoms with Crippen LogP contribution in [0, 0.1) is 5.92 Å². The number of esters is 1. The van der Waals surface area contributed by atoms with Crippen LogP contribution in [0.4, 0.5) is 0 Å². The van der Waals surface area contributed by atoms with Gasteiger partial charge in [0.05, 0.1) is 18.3 Å². The molecule has 3 nitrogen and oxygen atoms in total. The highest BCUT2D eigenvalue weighted by atomic mass is 35.5. The van der Waals surface area contributed by atoms with Crippen LogP contribution in [-0.2, 0) is 16.1 Å². The lowest BCUT2D eigenvalue weighted by atomic mass is 10.1. The average Bonchev–Trinajstić information content (AvgIpc) is 2.55. The van der Waals surface area contributed by atoms with Gasteiger partial charge >= 0.3 is 5.97 Å². The molecule has 0 radical (unpaired) electrons. The van der Waals surface area contributed by atoms with Crippen LogP contribution in [0.1, 0.15) is 36.2 Å². The monoisotopic (exact) mass is 346 g/mol. The molecule has 0 heterocycles. The summed E-state index contributed by atoms with van der Waals surface area (Å²) in [5.41, 5.74) is 1.63. The third-order valence-corrected chi connectivity index (χ3v) is 3.85. The molecule has 0 aliphatic heterocycles. The van der Waals surface area contributed by atoms with E-state index in [9.17, 15) is 4.79 Å². The number of hydrogen-bond acceptors (Lipinski definition) is 3. The summed E-state index contributed by atoms with van der Waals surface area (Å²) in [4.78, 5) is 12.1. The van der Waals surface area contributed by atoms with Crippen LogP contribution < -0.4 is 0 Å². The summed E-state index contributed by atoms with van der Waals surface area (Å²) >= 11 is 5.89. The minimum Gasteiger partial charge on any atom is -0.459 e. The zero-order valence-electron chi connectivity index (χ0n) is 14.1. The molecule has 2 aromatic carbocycles. The Kier molecular flexibility index (Phi) is 7.29. The van der Waals surface area contributed by atoms with E-state index < -0.39 is 0 Å². The number of halogens is 1. The van der Waals surface area contributed by atoms with Gasteiger partial charge in [-0.05, 0) is 43.0 Å². The fourth-order valence-corrected chi connectivity index (χ4v) is 2.69. The molecular formula is C20H23ClO3. The molecule has 2 aromatic rings. The van der Waals surface area contributed by atoms with Gasteiger partial charge in [-0.3, -0.25) is 0 Å². The van der Waals surface area contributed by atoms with E-state index in [0.717, 1.165) is 12.0 Å². The molecule has 0 spiro atoms. The van der Waals surface area contributed by atoms with Crippen LogP contribution in [0.15, 0.2) is 54.6 Å². The molecule has 0 aliphatic carbocycles. The van der Waals surface area contributed by atoms with Gasteiger partial charge in [-0.1, -0.05) is 54.9 Å². The molecule has 2 unspecified atom stereocenters. The first kappa shape index (κ1) is 18.5. The first-order chi connectivity index (χ1) is 11.5. The lowest BCUT2D eigenvalue weighted by molar-refractivity contribution is 0.0218. The summed E-state index contributed by atoms with van der Waals surface area (Å²) in [5.74, 6) is -0.0433. The lowest BCUT2D eigenvalue weighted by Gasteiger charge is -2.18. The fraction of sp³-hybridized carbons (Fsp3) is 0.350. The summed E-state index contributed by atoms with van der Waals surface area (Å²) in [6, 6.07) is 16.9. The van der Waals surface area contributed by atoms with Gasteiger partial charge in [-0.2, -0.15) is 0 Å². The number of carbonyl (C=O) groups excluding carboxylic acids is 1. The van der Waals surface area contributed by atoms with Crippen LogP contribution >= 0.6 is 11.6 Å². The molecule has 24 heavy (non-hydrogen) atoms. The fourth-order valence-electron chi connectivity index (χ4n) is 2.50. The Morgan fingerprint density at radius 1 is 1.08 bits per heavy atom. The average molecular weight is 347 g/mol. The summed E-state index contributed by atoms with van der Waals surface area (Å²) in [7, 11) is 0. The number of carbonyl (C=O) groups is 1. The van der Waals surface area contributed by atoms with Crippen molar-refractivity contribution in [3.8, 4) is 0 Å². The molecule has 0 fully saturated rings. The largest absolute Gasteiger partial charge is 0.459 e. The number of benzene rings is 2. The Morgan fingerprint density at radius 2 is 1.83 bits per heavy atom. The summed E-state index contributed by atoms with van der Waals surface area (Å²) in [5, 5.41) is 0.528. The molecule has 0 aromatic heterocycles. The van der Waals surface area contributed by atoms with E-state index in [1.54, 1.807) is 24.3 Å². The molecule has 128 valence electrons. The minimum atomic E-state index is -0.345. The van der Waals surface area contributed by atoms with Crippen LogP contribution in [0.3, 0.4) is 0 Å². The van der Waals surface area contributed by atoms with E-state index in [1.807, 2.05) is 37.3 Å². The Labute approximate surface area is 148 Å². The second kappa shape index (κ2) is 9.45. The highest BCUT2D eigenvalue weighted by molar-refractivity contribution is 6.30. The minimum absolute atomic E-state index is 0.174. The van der Waals surface area contributed by atoms with Gasteiger partial charge in [0.1, 0.15) is 0 Å². The van der Waals surface area contributed by atoms with Gasteiger partial charge in [0.15, 0.2) is 0 Å². The van der Waals surface area contributed by atoms with Gasteiger partial charge in [-0.25, -0.2) is 4.79 Å². The Bertz CT molecular complexity index is 642. The second-order valence-corrected chi connectivity index (χ2v) is 6.50. The zero-order chi connectivity index (χ0) is 17.4. The quantitative estimate of drug-likeness (QED) is 0.622. The van der Waals surface area contributed by atoms with E-state index in [1.165, 1.54) is 0 Å². The molecule has 0 amide bonds. The van der Waals surface area contributed by atoms with E-state index in [2.05, 4.69) is 6.92 Å². The smallest absolute Gasteiger partial charge is 0.338 e. The topological polar surface area (TPSA) is 35.5 Å². The molecule has 0 aliphatic rings. The van der Waals surface area contributed by atoms with Crippen molar-refractivity contribution in [2.45, 2.75) is 33.0 Å². The molecular weight excluding hydrogens is 324 g/mol. The highest BCUT2D eigenvalue weighted by Crippen LogP contribution is 2.15. The van der Waals surface area contributed by atoms with Crippen molar-refractivity contribution in [3.05, 3.63) is 70.7 Å². The zero-order valence-corrected chi connectivity index (χ0v) is 14.8. The van der Waals surface area contributed by atoms with E-state index in [4.69, 9.17) is 21.1 Å². The van der Waals surface area contributed by atoms with Crippen molar-refractivity contribution >= 4 is 17.6 Å². The van der Waals surface area contributed by atoms with E-state index in [0.29, 0.717) is 29.7 Å². The predicted molar refractivity (Wildman–Crippen MR) is 96.2 cm³/mol. The molecule has 4 heteroatoms. The van der Waals surface area contributed by atoms with Crippen molar-refractivity contribution in [2.75, 3.05) is 6.61 Å². The lowest BCUT2D eigenvalue weighted by Crippen LogP contribution is -2.20. The molecule has 2 atom stereocenters. The molecule has 2 rings (SSSR count). The standard InChI is InChI=1S/C20H23ClO3/c1-15(13-23-14-17-7-4-3-5-8-17)11-16(2)24-20(22)18-9-6-10-19(21)12-18/h3-10,12,15-16H,11,13-14H2,1-2H3. The van der Waals surface area contributed by atoms with Crippen LogP contribution in [0.5, 0.6) is 0 Å². The van der Waals surface area contributed by atoms with Crippen LogP contribution in [0.2, 0.25) is 5.02 Å². The number of hydrogen-bond donors (Lipinski definition) is 0. The number of rotatable bonds is 8. The maximum atomic E-state index is 12.1. The van der Waals surface area contributed by atoms with Crippen LogP contribution in [-0.4, -0.2) is 18.7 Å². The van der Waals surface area contributed by atoms with Crippen molar-refractivity contribution in [1.82, 2.24) is 0 Å². The summed E-state index contributed by atoms with van der Waals surface area (Å²) in [6.07, 6.45) is 0.577. The maximum Gasteiger partial charge on any atom is 0.338 e. The third-order valence-electron chi connectivity index (χ3n) is 3.62. The predicted octanol–water partition coefficient (Wildman–Crippen LogP) is 5.13. The summed E-state index contributed by atoms with van der Waals surface area (Å²) in [6.45, 7) is 5.22. The van der Waals surface area contributed by atoms with Gasteiger partial charge < -0.3 is 9.47 Å². The molecule has 0 saturated heterocycles. The van der Waals surface area contributed by atoms with E-state index in [-0.39, 0.29) is 12.1 Å². The third kappa shape index (κ3) is 6.34. The van der Waals surface area contributed by atoms with Crippen molar-refractivity contribution in [3.63, 3.8) is 0 Å². The Morgan fingerprint density at radius 3 is 2.54 bits per heavy atom. The van der Waals surface area contributed by atoms with Gasteiger partial charge in [0.2, 0.25) is 0 Å². The SMILES string of the molecule is CC(COCc1ccccc1)CC(C)OC(=O)c1cccc(Cl)c1. The molecule has 0 bridgehead atoms. The summed E-state index contributed by atoms with van der Waals surface area (Å²) < 4.78 is 11.2. The van der Waals surface area contributed by atoms with Crippen molar-refractivity contribution in [1.29, 1.82) is 0 Å². The Hall–Kier alpha value is -1.84. The van der Waals surface area contributed by atoms with Crippen molar-refractivity contribution < 1.29 is 14.3 Å². The highest BCUT2D eigenvalue weighted by Gasteiger charge is 2.15. The van der Waals surface area contributed by atoms with E-state index >= 15 is 0 Å². The Balaban J connectivity index is 1.71. The second-order valence-electron chi connectivity index (χ2n) is 6.07. The van der Waals surface area contributed by atoms with Crippen molar-refractivity contribution in [2.24, 2.45) is 5.92 Å². The first-order valence-corrected chi connectivity index (χ1v) is 8.50. The molecule has 0 saturated carbocycles. The van der Waals surface area contributed by atoms with Gasteiger partial charge in [-0.15, -0.1) is 0 Å². The molecule has 0 N–H and O–H groups in total. The van der Waals surface area contributed by atoms with Gasteiger partial charge in [0, 0.05) is 11.6 Å². The normalized spacial score (nSPS) is 13.3. The van der Waals surface area contributed by atoms with Crippen LogP contribution in [0.25, 0.3) is 0 Å². The number of ether oxygens (including phenoxy) is 2.